The molecule has 1 unspecified atom stereocenters. The number of rotatable bonds is 5. The molecule has 1 heterocycles. The molecule has 0 aromatic heterocycles. The number of ether oxygens (including phenoxy) is 1. The third-order valence-electron chi connectivity index (χ3n) is 3.44. The van der Waals surface area contributed by atoms with Crippen molar-refractivity contribution < 1.29 is 14.3 Å². The standard InChI is InChI=1S/C17H19NO3/c1-3-21-17(20)16-11-18(10-15(12-19)13(16)2)9-14-7-5-4-6-8-14/h4-8,10-13H,3,9H2,1-2H3. The summed E-state index contributed by atoms with van der Waals surface area (Å²) in [6.45, 7) is 4.53. The van der Waals surface area contributed by atoms with Crippen molar-refractivity contribution in [3.63, 3.8) is 0 Å². The Morgan fingerprint density at radius 3 is 2.62 bits per heavy atom. The summed E-state index contributed by atoms with van der Waals surface area (Å²) in [5.41, 5.74) is 2.20. The predicted octanol–water partition coefficient (Wildman–Crippen LogP) is 2.67. The van der Waals surface area contributed by atoms with Gasteiger partial charge in [-0.15, -0.1) is 0 Å². The number of hydrogen-bond donors (Lipinski definition) is 0. The van der Waals surface area contributed by atoms with Gasteiger partial charge in [0.2, 0.25) is 0 Å². The van der Waals surface area contributed by atoms with E-state index in [1.807, 2.05) is 42.2 Å². The minimum atomic E-state index is -0.365. The van der Waals surface area contributed by atoms with Crippen LogP contribution in [0.4, 0.5) is 0 Å². The molecule has 1 aliphatic heterocycles. The van der Waals surface area contributed by atoms with Crippen molar-refractivity contribution in [2.24, 2.45) is 5.92 Å². The van der Waals surface area contributed by atoms with E-state index in [-0.39, 0.29) is 11.9 Å². The Bertz CT molecular complexity index is 575. The van der Waals surface area contributed by atoms with Crippen LogP contribution in [-0.2, 0) is 20.9 Å². The first-order valence-corrected chi connectivity index (χ1v) is 7.01. The van der Waals surface area contributed by atoms with Gasteiger partial charge in [0.1, 0.15) is 6.29 Å². The number of nitrogens with zero attached hydrogens (tertiary/aromatic N) is 1. The fourth-order valence-electron chi connectivity index (χ4n) is 2.27. The quantitative estimate of drug-likeness (QED) is 0.616. The Morgan fingerprint density at radius 2 is 2.00 bits per heavy atom. The minimum Gasteiger partial charge on any atom is -0.463 e. The lowest BCUT2D eigenvalue weighted by atomic mass is 9.92. The Labute approximate surface area is 124 Å². The Kier molecular flexibility index (Phi) is 4.93. The van der Waals surface area contributed by atoms with E-state index in [0.717, 1.165) is 11.8 Å². The normalized spacial score (nSPS) is 17.8. The van der Waals surface area contributed by atoms with Gasteiger partial charge < -0.3 is 9.64 Å². The zero-order valence-corrected chi connectivity index (χ0v) is 12.3. The van der Waals surface area contributed by atoms with E-state index in [2.05, 4.69) is 0 Å². The van der Waals surface area contributed by atoms with Gasteiger partial charge in [-0.3, -0.25) is 4.79 Å². The molecule has 2 rings (SSSR count). The van der Waals surface area contributed by atoms with E-state index in [0.29, 0.717) is 24.3 Å². The van der Waals surface area contributed by atoms with Crippen LogP contribution in [0.5, 0.6) is 0 Å². The highest BCUT2D eigenvalue weighted by molar-refractivity contribution is 5.92. The number of carbonyl (C=O) groups excluding carboxylic acids is 2. The molecule has 110 valence electrons. The zero-order valence-electron chi connectivity index (χ0n) is 12.3. The first kappa shape index (κ1) is 15.0. The molecule has 1 atom stereocenters. The van der Waals surface area contributed by atoms with Crippen LogP contribution in [0.3, 0.4) is 0 Å². The summed E-state index contributed by atoms with van der Waals surface area (Å²) in [6.07, 6.45) is 4.35. The topological polar surface area (TPSA) is 46.6 Å². The molecule has 1 aromatic carbocycles. The largest absolute Gasteiger partial charge is 0.463 e. The molecule has 0 spiro atoms. The molecule has 4 nitrogen and oxygen atoms in total. The highest BCUT2D eigenvalue weighted by atomic mass is 16.5. The van der Waals surface area contributed by atoms with Gasteiger partial charge in [-0.05, 0) is 12.5 Å². The van der Waals surface area contributed by atoms with Crippen LogP contribution in [0.25, 0.3) is 0 Å². The summed E-state index contributed by atoms with van der Waals surface area (Å²) in [5.74, 6) is -0.607. The maximum Gasteiger partial charge on any atom is 0.336 e. The maximum absolute atomic E-state index is 12.0. The summed E-state index contributed by atoms with van der Waals surface area (Å²) in [4.78, 5) is 25.1. The zero-order chi connectivity index (χ0) is 15.2. The average molecular weight is 285 g/mol. The van der Waals surface area contributed by atoms with Crippen LogP contribution in [0.1, 0.15) is 19.4 Å². The lowest BCUT2D eigenvalue weighted by molar-refractivity contribution is -0.139. The summed E-state index contributed by atoms with van der Waals surface area (Å²) >= 11 is 0. The molecule has 0 saturated heterocycles. The molecule has 0 saturated carbocycles. The minimum absolute atomic E-state index is 0.242. The monoisotopic (exact) mass is 285 g/mol. The van der Waals surface area contributed by atoms with Crippen molar-refractivity contribution >= 4 is 12.3 Å². The van der Waals surface area contributed by atoms with E-state index in [1.54, 1.807) is 19.3 Å². The maximum atomic E-state index is 12.0. The molecule has 0 aliphatic carbocycles. The van der Waals surface area contributed by atoms with Gasteiger partial charge in [0.25, 0.3) is 0 Å². The summed E-state index contributed by atoms with van der Waals surface area (Å²) < 4.78 is 5.07. The lowest BCUT2D eigenvalue weighted by Crippen LogP contribution is -2.25. The third-order valence-corrected chi connectivity index (χ3v) is 3.44. The molecule has 0 radical (unpaired) electrons. The second-order valence-electron chi connectivity index (χ2n) is 4.93. The van der Waals surface area contributed by atoms with Crippen LogP contribution in [-0.4, -0.2) is 23.8 Å². The molecule has 1 aromatic rings. The molecule has 0 N–H and O–H groups in total. The van der Waals surface area contributed by atoms with Crippen molar-refractivity contribution in [3.05, 3.63) is 59.4 Å². The van der Waals surface area contributed by atoms with Gasteiger partial charge in [-0.2, -0.15) is 0 Å². The molecular formula is C17H19NO3. The van der Waals surface area contributed by atoms with Gasteiger partial charge >= 0.3 is 5.97 Å². The fraction of sp³-hybridized carbons (Fsp3) is 0.294. The summed E-state index contributed by atoms with van der Waals surface area (Å²) in [7, 11) is 0. The van der Waals surface area contributed by atoms with Crippen molar-refractivity contribution in [3.8, 4) is 0 Å². The van der Waals surface area contributed by atoms with Crippen molar-refractivity contribution in [1.29, 1.82) is 0 Å². The molecular weight excluding hydrogens is 266 g/mol. The average Bonchev–Trinajstić information content (AvgIpc) is 2.50. The van der Waals surface area contributed by atoms with E-state index < -0.39 is 0 Å². The molecule has 1 aliphatic rings. The van der Waals surface area contributed by atoms with Crippen molar-refractivity contribution in [2.45, 2.75) is 20.4 Å². The molecule has 0 bridgehead atoms. The summed E-state index contributed by atoms with van der Waals surface area (Å²) in [5, 5.41) is 0. The van der Waals surface area contributed by atoms with Crippen molar-refractivity contribution in [1.82, 2.24) is 4.90 Å². The van der Waals surface area contributed by atoms with Gasteiger partial charge in [0.05, 0.1) is 12.2 Å². The van der Waals surface area contributed by atoms with Gasteiger partial charge in [0.15, 0.2) is 0 Å². The lowest BCUT2D eigenvalue weighted by Gasteiger charge is -2.27. The van der Waals surface area contributed by atoms with Crippen LogP contribution in [0, 0.1) is 5.92 Å². The van der Waals surface area contributed by atoms with Gasteiger partial charge in [-0.1, -0.05) is 37.3 Å². The fourth-order valence-corrected chi connectivity index (χ4v) is 2.27. The Hall–Kier alpha value is -2.36. The van der Waals surface area contributed by atoms with Gasteiger partial charge in [-0.25, -0.2) is 4.79 Å². The summed E-state index contributed by atoms with van der Waals surface area (Å²) in [6, 6.07) is 9.88. The first-order chi connectivity index (χ1) is 10.2. The van der Waals surface area contributed by atoms with Crippen LogP contribution in [0.2, 0.25) is 0 Å². The number of allylic oxidation sites excluding steroid dienone is 1. The van der Waals surface area contributed by atoms with Crippen molar-refractivity contribution in [2.75, 3.05) is 6.61 Å². The highest BCUT2D eigenvalue weighted by Crippen LogP contribution is 2.26. The molecule has 0 fully saturated rings. The van der Waals surface area contributed by atoms with Crippen LogP contribution < -0.4 is 0 Å². The van der Waals surface area contributed by atoms with E-state index in [4.69, 9.17) is 4.74 Å². The Balaban J connectivity index is 2.24. The number of hydrogen-bond acceptors (Lipinski definition) is 4. The number of benzene rings is 1. The smallest absolute Gasteiger partial charge is 0.336 e. The number of carbonyl (C=O) groups is 2. The molecule has 0 amide bonds. The van der Waals surface area contributed by atoms with E-state index in [9.17, 15) is 9.59 Å². The second-order valence-corrected chi connectivity index (χ2v) is 4.93. The van der Waals surface area contributed by atoms with Crippen LogP contribution >= 0.6 is 0 Å². The third kappa shape index (κ3) is 3.60. The van der Waals surface area contributed by atoms with Crippen LogP contribution in [0.15, 0.2) is 53.9 Å². The molecule has 4 heteroatoms. The molecule has 21 heavy (non-hydrogen) atoms. The number of aldehydes is 1. The van der Waals surface area contributed by atoms with E-state index in [1.165, 1.54) is 0 Å². The van der Waals surface area contributed by atoms with E-state index >= 15 is 0 Å². The first-order valence-electron chi connectivity index (χ1n) is 7.01. The predicted molar refractivity (Wildman–Crippen MR) is 80.0 cm³/mol. The van der Waals surface area contributed by atoms with Gasteiger partial charge in [0, 0.05) is 30.4 Å². The number of esters is 1. The second kappa shape index (κ2) is 6.88. The Morgan fingerprint density at radius 1 is 1.29 bits per heavy atom. The highest BCUT2D eigenvalue weighted by Gasteiger charge is 2.26. The SMILES string of the molecule is CCOC(=O)C1=CN(Cc2ccccc2)C=C(C=O)C1C.